The number of aryl methyl sites for hydroxylation is 2. The molecule has 1 aliphatic carbocycles. The second-order valence-corrected chi connectivity index (χ2v) is 6.15. The van der Waals surface area contributed by atoms with E-state index in [1.807, 2.05) is 31.2 Å². The largest absolute Gasteiger partial charge is 0.497 e. The molecule has 130 valence electrons. The molecular formula is C20H23N3O2. The summed E-state index contributed by atoms with van der Waals surface area (Å²) in [4.78, 5) is 12.0. The maximum absolute atomic E-state index is 12.0. The third kappa shape index (κ3) is 4.38. The highest BCUT2D eigenvalue weighted by Gasteiger charge is 2.11. The van der Waals surface area contributed by atoms with Gasteiger partial charge in [0.15, 0.2) is 0 Å². The lowest BCUT2D eigenvalue weighted by molar-refractivity contribution is -0.119. The second kappa shape index (κ2) is 7.83. The van der Waals surface area contributed by atoms with Gasteiger partial charge in [-0.25, -0.2) is 5.43 Å². The number of carbonyl (C=O) groups excluding carboxylic acids is 1. The van der Waals surface area contributed by atoms with Crippen molar-refractivity contribution in [3.05, 3.63) is 59.2 Å². The van der Waals surface area contributed by atoms with Crippen molar-refractivity contribution in [1.29, 1.82) is 0 Å². The van der Waals surface area contributed by atoms with Crippen molar-refractivity contribution in [3.8, 4) is 5.75 Å². The predicted octanol–water partition coefficient (Wildman–Crippen LogP) is 3.14. The van der Waals surface area contributed by atoms with Crippen LogP contribution in [-0.4, -0.2) is 25.3 Å². The molecule has 0 bridgehead atoms. The van der Waals surface area contributed by atoms with Gasteiger partial charge in [-0.15, -0.1) is 0 Å². The van der Waals surface area contributed by atoms with E-state index in [4.69, 9.17) is 4.74 Å². The average Bonchev–Trinajstić information content (AvgIpc) is 3.12. The van der Waals surface area contributed by atoms with Gasteiger partial charge < -0.3 is 10.1 Å². The Balaban J connectivity index is 1.54. The molecule has 2 aromatic carbocycles. The number of methoxy groups -OCH3 is 1. The number of hydrazone groups is 1. The fourth-order valence-electron chi connectivity index (χ4n) is 2.96. The first-order valence-electron chi connectivity index (χ1n) is 8.49. The molecule has 0 heterocycles. The minimum atomic E-state index is -0.191. The third-order valence-corrected chi connectivity index (χ3v) is 4.39. The quantitative estimate of drug-likeness (QED) is 0.629. The molecule has 5 nitrogen and oxygen atoms in total. The highest BCUT2D eigenvalue weighted by atomic mass is 16.5. The molecule has 0 aromatic heterocycles. The van der Waals surface area contributed by atoms with Crippen LogP contribution in [0.1, 0.15) is 30.0 Å². The molecule has 0 aliphatic heterocycles. The topological polar surface area (TPSA) is 62.7 Å². The Labute approximate surface area is 148 Å². The maximum atomic E-state index is 12.0. The van der Waals surface area contributed by atoms with Crippen LogP contribution in [0.5, 0.6) is 5.75 Å². The van der Waals surface area contributed by atoms with E-state index in [1.54, 1.807) is 7.11 Å². The Kier molecular flexibility index (Phi) is 5.33. The summed E-state index contributed by atoms with van der Waals surface area (Å²) < 4.78 is 5.16. The van der Waals surface area contributed by atoms with E-state index in [0.29, 0.717) is 0 Å². The van der Waals surface area contributed by atoms with Gasteiger partial charge in [0.1, 0.15) is 5.75 Å². The number of nitrogens with zero attached hydrogens (tertiary/aromatic N) is 1. The monoisotopic (exact) mass is 337 g/mol. The van der Waals surface area contributed by atoms with Gasteiger partial charge in [0.05, 0.1) is 19.4 Å². The van der Waals surface area contributed by atoms with Crippen LogP contribution in [0.2, 0.25) is 0 Å². The van der Waals surface area contributed by atoms with Crippen LogP contribution in [-0.2, 0) is 17.6 Å². The fraction of sp³-hybridized carbons (Fsp3) is 0.300. The third-order valence-electron chi connectivity index (χ3n) is 4.39. The number of carbonyl (C=O) groups is 1. The number of anilines is 1. The highest BCUT2D eigenvalue weighted by molar-refractivity contribution is 5.99. The molecule has 0 atom stereocenters. The van der Waals surface area contributed by atoms with E-state index >= 15 is 0 Å². The van der Waals surface area contributed by atoms with Crippen LogP contribution in [0.15, 0.2) is 47.6 Å². The van der Waals surface area contributed by atoms with Crippen molar-refractivity contribution >= 4 is 17.3 Å². The van der Waals surface area contributed by atoms with Gasteiger partial charge in [-0.2, -0.15) is 5.10 Å². The van der Waals surface area contributed by atoms with Crippen molar-refractivity contribution in [2.75, 3.05) is 19.0 Å². The van der Waals surface area contributed by atoms with Gasteiger partial charge in [0.25, 0.3) is 5.91 Å². The lowest BCUT2D eigenvalue weighted by Gasteiger charge is -2.08. The summed E-state index contributed by atoms with van der Waals surface area (Å²) in [5.74, 6) is 0.555. The van der Waals surface area contributed by atoms with Crippen molar-refractivity contribution in [2.24, 2.45) is 5.10 Å². The Bertz CT molecular complexity index is 799. The minimum absolute atomic E-state index is 0.147. The number of amides is 1. The van der Waals surface area contributed by atoms with Gasteiger partial charge >= 0.3 is 0 Å². The Hall–Kier alpha value is -2.82. The van der Waals surface area contributed by atoms with Crippen molar-refractivity contribution in [2.45, 2.75) is 26.2 Å². The molecule has 5 heteroatoms. The van der Waals surface area contributed by atoms with Gasteiger partial charge in [0, 0.05) is 11.8 Å². The molecule has 0 fully saturated rings. The first kappa shape index (κ1) is 17.0. The SMILES string of the molecule is COc1cccc(NCC(=O)N/N=C(/C)c2ccc3c(c2)CCC3)c1. The number of nitrogens with one attached hydrogen (secondary N) is 2. The molecule has 0 saturated heterocycles. The van der Waals surface area contributed by atoms with E-state index in [9.17, 15) is 4.79 Å². The number of benzene rings is 2. The molecular weight excluding hydrogens is 314 g/mol. The molecule has 1 amide bonds. The molecule has 25 heavy (non-hydrogen) atoms. The fourth-order valence-corrected chi connectivity index (χ4v) is 2.96. The van der Waals surface area contributed by atoms with E-state index in [0.717, 1.165) is 29.1 Å². The lowest BCUT2D eigenvalue weighted by atomic mass is 10.0. The molecule has 0 spiro atoms. The van der Waals surface area contributed by atoms with Crippen molar-refractivity contribution in [1.82, 2.24) is 5.43 Å². The Morgan fingerprint density at radius 1 is 1.16 bits per heavy atom. The van der Waals surface area contributed by atoms with Crippen LogP contribution in [0.3, 0.4) is 0 Å². The molecule has 2 aromatic rings. The van der Waals surface area contributed by atoms with Gasteiger partial charge in [0.2, 0.25) is 0 Å². The molecule has 0 radical (unpaired) electrons. The first-order chi connectivity index (χ1) is 12.2. The van der Waals surface area contributed by atoms with Crippen LogP contribution >= 0.6 is 0 Å². The highest BCUT2D eigenvalue weighted by Crippen LogP contribution is 2.23. The second-order valence-electron chi connectivity index (χ2n) is 6.15. The smallest absolute Gasteiger partial charge is 0.259 e. The Morgan fingerprint density at radius 2 is 2.00 bits per heavy atom. The molecule has 0 unspecified atom stereocenters. The molecule has 0 saturated carbocycles. The molecule has 3 rings (SSSR count). The summed E-state index contributed by atoms with van der Waals surface area (Å²) in [6, 6.07) is 13.9. The van der Waals surface area contributed by atoms with Crippen molar-refractivity contribution in [3.63, 3.8) is 0 Å². The Morgan fingerprint density at radius 3 is 2.84 bits per heavy atom. The standard InChI is InChI=1S/C20H23N3O2/c1-14(16-10-9-15-5-3-6-17(15)11-16)22-23-20(24)13-21-18-7-4-8-19(12-18)25-2/h4,7-12,21H,3,5-6,13H2,1-2H3,(H,23,24)/b22-14-. The maximum Gasteiger partial charge on any atom is 0.259 e. The lowest BCUT2D eigenvalue weighted by Crippen LogP contribution is -2.26. The zero-order valence-electron chi connectivity index (χ0n) is 14.6. The van der Waals surface area contributed by atoms with Crippen molar-refractivity contribution < 1.29 is 9.53 Å². The van der Waals surface area contributed by atoms with Gasteiger partial charge in [-0.05, 0) is 61.1 Å². The number of fused-ring (bicyclic) bond motifs is 1. The summed E-state index contributed by atoms with van der Waals surface area (Å²) in [5, 5.41) is 7.27. The van der Waals surface area contributed by atoms with E-state index in [1.165, 1.54) is 24.0 Å². The number of rotatable bonds is 6. The number of hydrogen-bond acceptors (Lipinski definition) is 4. The number of hydrogen-bond donors (Lipinski definition) is 2. The first-order valence-corrected chi connectivity index (χ1v) is 8.49. The summed E-state index contributed by atoms with van der Waals surface area (Å²) in [6.45, 7) is 2.06. The van der Waals surface area contributed by atoms with Crippen LogP contribution in [0.25, 0.3) is 0 Å². The summed E-state index contributed by atoms with van der Waals surface area (Å²) >= 11 is 0. The summed E-state index contributed by atoms with van der Waals surface area (Å²) in [6.07, 6.45) is 3.52. The minimum Gasteiger partial charge on any atom is -0.497 e. The predicted molar refractivity (Wildman–Crippen MR) is 100 cm³/mol. The van der Waals surface area contributed by atoms with Gasteiger partial charge in [-0.1, -0.05) is 18.2 Å². The summed E-state index contributed by atoms with van der Waals surface area (Å²) in [5.41, 5.74) is 8.13. The van der Waals surface area contributed by atoms with Gasteiger partial charge in [-0.3, -0.25) is 4.79 Å². The number of ether oxygens (including phenoxy) is 1. The zero-order valence-corrected chi connectivity index (χ0v) is 14.6. The van der Waals surface area contributed by atoms with E-state index in [-0.39, 0.29) is 12.5 Å². The van der Waals surface area contributed by atoms with Crippen LogP contribution < -0.4 is 15.5 Å². The van der Waals surface area contributed by atoms with Crippen LogP contribution in [0, 0.1) is 0 Å². The molecule has 1 aliphatic rings. The summed E-state index contributed by atoms with van der Waals surface area (Å²) in [7, 11) is 1.61. The zero-order chi connectivity index (χ0) is 17.6. The normalized spacial score (nSPS) is 13.3. The van der Waals surface area contributed by atoms with E-state index < -0.39 is 0 Å². The average molecular weight is 337 g/mol. The molecule has 2 N–H and O–H groups in total. The van der Waals surface area contributed by atoms with E-state index in [2.05, 4.69) is 34.0 Å². The van der Waals surface area contributed by atoms with Crippen LogP contribution in [0.4, 0.5) is 5.69 Å².